The highest BCUT2D eigenvalue weighted by atomic mass is 16.5. The lowest BCUT2D eigenvalue weighted by molar-refractivity contribution is 0.264. The van der Waals surface area contributed by atoms with E-state index in [2.05, 4.69) is 30.1 Å². The average molecular weight is 308 g/mol. The molecule has 0 aliphatic rings. The van der Waals surface area contributed by atoms with Crippen molar-refractivity contribution in [1.29, 1.82) is 0 Å². The summed E-state index contributed by atoms with van der Waals surface area (Å²) in [5.74, 6) is 2.26. The minimum Gasteiger partial charge on any atom is -0.484 e. The summed E-state index contributed by atoms with van der Waals surface area (Å²) in [6, 6.07) is 16.1. The molecule has 0 amide bonds. The molecule has 23 heavy (non-hydrogen) atoms. The van der Waals surface area contributed by atoms with Gasteiger partial charge in [-0.25, -0.2) is 0 Å². The smallest absolute Gasteiger partial charge is 0.254 e. The van der Waals surface area contributed by atoms with Gasteiger partial charge in [0.25, 0.3) is 5.89 Å². The van der Waals surface area contributed by atoms with Crippen LogP contribution in [0, 0.1) is 6.92 Å². The molecule has 4 heteroatoms. The number of ether oxygens (including phenoxy) is 1. The number of aryl methyl sites for hydroxylation is 1. The molecule has 0 atom stereocenters. The second-order valence-electron chi connectivity index (χ2n) is 5.88. The number of benzene rings is 2. The van der Waals surface area contributed by atoms with Gasteiger partial charge in [-0.05, 0) is 42.7 Å². The monoisotopic (exact) mass is 308 g/mol. The number of rotatable bonds is 5. The van der Waals surface area contributed by atoms with E-state index in [1.165, 1.54) is 11.1 Å². The van der Waals surface area contributed by atoms with Gasteiger partial charge in [0.05, 0.1) is 0 Å². The van der Waals surface area contributed by atoms with E-state index in [9.17, 15) is 0 Å². The third kappa shape index (κ3) is 3.77. The molecule has 0 aliphatic heterocycles. The lowest BCUT2D eigenvalue weighted by Gasteiger charge is -2.08. The summed E-state index contributed by atoms with van der Waals surface area (Å²) in [6.45, 7) is 6.62. The number of nitrogens with zero attached hydrogens (tertiary/aromatic N) is 2. The highest BCUT2D eigenvalue weighted by Gasteiger charge is 2.09. The van der Waals surface area contributed by atoms with Crippen molar-refractivity contribution in [3.8, 4) is 17.2 Å². The summed E-state index contributed by atoms with van der Waals surface area (Å²) in [7, 11) is 0. The lowest BCUT2D eigenvalue weighted by Crippen LogP contribution is -1.97. The molecule has 0 aliphatic carbocycles. The Kier molecular flexibility index (Phi) is 4.42. The van der Waals surface area contributed by atoms with E-state index in [0.717, 1.165) is 11.3 Å². The fraction of sp³-hybridized carbons (Fsp3) is 0.263. The first-order chi connectivity index (χ1) is 11.1. The fourth-order valence-corrected chi connectivity index (χ4v) is 2.23. The van der Waals surface area contributed by atoms with Crippen LogP contribution < -0.4 is 4.74 Å². The van der Waals surface area contributed by atoms with Gasteiger partial charge in [0.15, 0.2) is 6.61 Å². The van der Waals surface area contributed by atoms with Crippen LogP contribution in [-0.4, -0.2) is 10.2 Å². The molecule has 0 saturated heterocycles. The Bertz CT molecular complexity index is 776. The molecule has 0 saturated carbocycles. The van der Waals surface area contributed by atoms with E-state index in [1.807, 2.05) is 49.4 Å². The van der Waals surface area contributed by atoms with Crippen molar-refractivity contribution in [2.45, 2.75) is 33.3 Å². The molecule has 1 aromatic heterocycles. The van der Waals surface area contributed by atoms with E-state index in [0.29, 0.717) is 17.7 Å². The molecule has 1 heterocycles. The van der Waals surface area contributed by atoms with Gasteiger partial charge in [0.2, 0.25) is 5.89 Å². The van der Waals surface area contributed by atoms with Crippen LogP contribution in [0.3, 0.4) is 0 Å². The van der Waals surface area contributed by atoms with Crippen molar-refractivity contribution in [1.82, 2.24) is 10.2 Å². The number of hydrogen-bond donors (Lipinski definition) is 0. The molecule has 4 nitrogen and oxygen atoms in total. The molecule has 3 rings (SSSR count). The molecule has 0 bridgehead atoms. The second kappa shape index (κ2) is 6.65. The van der Waals surface area contributed by atoms with Crippen molar-refractivity contribution in [3.05, 3.63) is 65.5 Å². The van der Waals surface area contributed by atoms with Gasteiger partial charge in [0, 0.05) is 5.56 Å². The molecule has 118 valence electrons. The first kappa shape index (κ1) is 15.3. The summed E-state index contributed by atoms with van der Waals surface area (Å²) in [5, 5.41) is 8.12. The Morgan fingerprint density at radius 2 is 1.83 bits per heavy atom. The molecule has 0 unspecified atom stereocenters. The molecular formula is C19H20N2O2. The molecule has 0 fully saturated rings. The van der Waals surface area contributed by atoms with E-state index in [1.54, 1.807) is 0 Å². The Balaban J connectivity index is 1.67. The first-order valence-corrected chi connectivity index (χ1v) is 7.74. The van der Waals surface area contributed by atoms with Crippen LogP contribution in [0.2, 0.25) is 0 Å². The summed E-state index contributed by atoms with van der Waals surface area (Å²) < 4.78 is 11.4. The maximum Gasteiger partial charge on any atom is 0.254 e. The normalized spacial score (nSPS) is 11.0. The van der Waals surface area contributed by atoms with Gasteiger partial charge in [0.1, 0.15) is 5.75 Å². The van der Waals surface area contributed by atoms with Gasteiger partial charge in [-0.2, -0.15) is 0 Å². The van der Waals surface area contributed by atoms with Gasteiger partial charge in [-0.1, -0.05) is 43.7 Å². The second-order valence-corrected chi connectivity index (χ2v) is 5.88. The van der Waals surface area contributed by atoms with Crippen LogP contribution in [0.1, 0.15) is 36.8 Å². The van der Waals surface area contributed by atoms with Crippen LogP contribution in [0.5, 0.6) is 5.75 Å². The van der Waals surface area contributed by atoms with Crippen molar-refractivity contribution in [2.75, 3.05) is 0 Å². The maximum atomic E-state index is 5.75. The summed E-state index contributed by atoms with van der Waals surface area (Å²) in [5.41, 5.74) is 3.35. The summed E-state index contributed by atoms with van der Waals surface area (Å²) in [6.07, 6.45) is 0. The number of hydrogen-bond acceptors (Lipinski definition) is 4. The SMILES string of the molecule is Cc1ccc(-c2nnc(COc3cccc(C(C)C)c3)o2)cc1. The first-order valence-electron chi connectivity index (χ1n) is 7.74. The van der Waals surface area contributed by atoms with E-state index < -0.39 is 0 Å². The summed E-state index contributed by atoms with van der Waals surface area (Å²) >= 11 is 0. The molecular weight excluding hydrogens is 288 g/mol. The van der Waals surface area contributed by atoms with Crippen molar-refractivity contribution >= 4 is 0 Å². The van der Waals surface area contributed by atoms with Crippen LogP contribution in [-0.2, 0) is 6.61 Å². The molecule has 0 radical (unpaired) electrons. The molecule has 3 aromatic rings. The predicted molar refractivity (Wildman–Crippen MR) is 89.3 cm³/mol. The van der Waals surface area contributed by atoms with Gasteiger partial charge >= 0.3 is 0 Å². The van der Waals surface area contributed by atoms with E-state index >= 15 is 0 Å². The van der Waals surface area contributed by atoms with Crippen LogP contribution in [0.4, 0.5) is 0 Å². The Hall–Kier alpha value is -2.62. The minimum atomic E-state index is 0.264. The highest BCUT2D eigenvalue weighted by molar-refractivity contribution is 5.52. The third-order valence-corrected chi connectivity index (χ3v) is 3.65. The van der Waals surface area contributed by atoms with Gasteiger partial charge in [-0.15, -0.1) is 10.2 Å². The molecule has 0 N–H and O–H groups in total. The average Bonchev–Trinajstić information content (AvgIpc) is 3.03. The van der Waals surface area contributed by atoms with E-state index in [-0.39, 0.29) is 6.61 Å². The van der Waals surface area contributed by atoms with Gasteiger partial charge < -0.3 is 9.15 Å². The highest BCUT2D eigenvalue weighted by Crippen LogP contribution is 2.22. The van der Waals surface area contributed by atoms with Crippen molar-refractivity contribution in [2.24, 2.45) is 0 Å². The van der Waals surface area contributed by atoms with Crippen molar-refractivity contribution < 1.29 is 9.15 Å². The molecule has 2 aromatic carbocycles. The standard InChI is InChI=1S/C19H20N2O2/c1-13(2)16-5-4-6-17(11-16)22-12-18-20-21-19(23-18)15-9-7-14(3)8-10-15/h4-11,13H,12H2,1-3H3. The number of aromatic nitrogens is 2. The zero-order valence-electron chi connectivity index (χ0n) is 13.6. The lowest BCUT2D eigenvalue weighted by atomic mass is 10.0. The Morgan fingerprint density at radius 3 is 2.57 bits per heavy atom. The quantitative estimate of drug-likeness (QED) is 0.682. The largest absolute Gasteiger partial charge is 0.484 e. The third-order valence-electron chi connectivity index (χ3n) is 3.65. The Labute approximate surface area is 136 Å². The van der Waals surface area contributed by atoms with Gasteiger partial charge in [-0.3, -0.25) is 0 Å². The fourth-order valence-electron chi connectivity index (χ4n) is 2.23. The van der Waals surface area contributed by atoms with Crippen LogP contribution in [0.25, 0.3) is 11.5 Å². The van der Waals surface area contributed by atoms with E-state index in [4.69, 9.17) is 9.15 Å². The Morgan fingerprint density at radius 1 is 1.04 bits per heavy atom. The minimum absolute atomic E-state index is 0.264. The van der Waals surface area contributed by atoms with Crippen molar-refractivity contribution in [3.63, 3.8) is 0 Å². The van der Waals surface area contributed by atoms with Crippen LogP contribution >= 0.6 is 0 Å². The zero-order chi connectivity index (χ0) is 16.2. The summed E-state index contributed by atoms with van der Waals surface area (Å²) in [4.78, 5) is 0. The molecule has 0 spiro atoms. The van der Waals surface area contributed by atoms with Crippen LogP contribution in [0.15, 0.2) is 52.9 Å². The zero-order valence-corrected chi connectivity index (χ0v) is 13.6. The predicted octanol–water partition coefficient (Wildman–Crippen LogP) is 4.75. The maximum absolute atomic E-state index is 5.75. The topological polar surface area (TPSA) is 48.2 Å².